The molecule has 1 rings (SSSR count). The van der Waals surface area contributed by atoms with Crippen LogP contribution in [0.4, 0.5) is 0 Å². The van der Waals surface area contributed by atoms with Crippen molar-refractivity contribution in [2.45, 2.75) is 32.7 Å². The third kappa shape index (κ3) is 3.39. The second kappa shape index (κ2) is 6.89. The molecule has 0 fully saturated rings. The Labute approximate surface area is 108 Å². The van der Waals surface area contributed by atoms with Crippen molar-refractivity contribution in [3.63, 3.8) is 0 Å². The zero-order chi connectivity index (χ0) is 13.5. The van der Waals surface area contributed by atoms with Crippen molar-refractivity contribution < 1.29 is 14.3 Å². The molecule has 0 spiro atoms. The average molecular weight is 251 g/mol. The minimum Gasteiger partial charge on any atom is -0.493 e. The summed E-state index contributed by atoms with van der Waals surface area (Å²) in [6.45, 7) is 3.88. The van der Waals surface area contributed by atoms with Gasteiger partial charge in [0.05, 0.1) is 20.3 Å². The predicted molar refractivity (Wildman–Crippen MR) is 71.0 cm³/mol. The summed E-state index contributed by atoms with van der Waals surface area (Å²) >= 11 is 0. The van der Waals surface area contributed by atoms with Gasteiger partial charge in [-0.2, -0.15) is 0 Å². The summed E-state index contributed by atoms with van der Waals surface area (Å²) in [6, 6.07) is 5.72. The summed E-state index contributed by atoms with van der Waals surface area (Å²) in [4.78, 5) is 11.5. The molecule has 0 aliphatic carbocycles. The molecule has 4 nitrogen and oxygen atoms in total. The van der Waals surface area contributed by atoms with Crippen LogP contribution in [-0.2, 0) is 4.79 Å². The molecule has 100 valence electrons. The number of carbonyl (C=O) groups excluding carboxylic acids is 1. The molecule has 1 aromatic carbocycles. The third-order valence-electron chi connectivity index (χ3n) is 2.87. The van der Waals surface area contributed by atoms with Crippen LogP contribution in [0.3, 0.4) is 0 Å². The summed E-state index contributed by atoms with van der Waals surface area (Å²) in [7, 11) is 3.21. The van der Waals surface area contributed by atoms with Crippen LogP contribution in [0.1, 0.15) is 38.3 Å². The van der Waals surface area contributed by atoms with Crippen LogP contribution in [0.15, 0.2) is 18.2 Å². The van der Waals surface area contributed by atoms with Gasteiger partial charge in [-0.1, -0.05) is 19.9 Å². The summed E-state index contributed by atoms with van der Waals surface area (Å²) < 4.78 is 10.5. The van der Waals surface area contributed by atoms with Gasteiger partial charge < -0.3 is 14.8 Å². The van der Waals surface area contributed by atoms with Crippen LogP contribution in [0.5, 0.6) is 11.5 Å². The van der Waals surface area contributed by atoms with Crippen molar-refractivity contribution in [3.05, 3.63) is 23.8 Å². The molecule has 0 aromatic heterocycles. The molecule has 1 atom stereocenters. The van der Waals surface area contributed by atoms with Gasteiger partial charge in [0, 0.05) is 6.42 Å². The number of hydrogen-bond donors (Lipinski definition) is 1. The molecule has 0 saturated heterocycles. The van der Waals surface area contributed by atoms with Crippen LogP contribution >= 0.6 is 0 Å². The number of ether oxygens (including phenoxy) is 2. The maximum atomic E-state index is 11.5. The Balaban J connectivity index is 2.95. The highest BCUT2D eigenvalue weighted by Crippen LogP contribution is 2.30. The number of nitrogens with one attached hydrogen (secondary N) is 1. The van der Waals surface area contributed by atoms with Gasteiger partial charge in [0.1, 0.15) is 0 Å². The molecule has 0 unspecified atom stereocenters. The zero-order valence-electron chi connectivity index (χ0n) is 11.4. The fourth-order valence-electron chi connectivity index (χ4n) is 1.79. The molecular formula is C14H21NO3. The molecule has 4 heteroatoms. The maximum Gasteiger partial charge on any atom is 0.220 e. The second-order valence-electron chi connectivity index (χ2n) is 4.00. The smallest absolute Gasteiger partial charge is 0.220 e. The Morgan fingerprint density at radius 2 is 1.89 bits per heavy atom. The lowest BCUT2D eigenvalue weighted by Crippen LogP contribution is -2.27. The average Bonchev–Trinajstić information content (AvgIpc) is 2.43. The first-order valence-corrected chi connectivity index (χ1v) is 6.17. The van der Waals surface area contributed by atoms with Gasteiger partial charge in [-0.15, -0.1) is 0 Å². The van der Waals surface area contributed by atoms with Crippen molar-refractivity contribution >= 4 is 5.91 Å². The van der Waals surface area contributed by atoms with Crippen LogP contribution in [0.2, 0.25) is 0 Å². The van der Waals surface area contributed by atoms with E-state index in [1.165, 1.54) is 0 Å². The largest absolute Gasteiger partial charge is 0.493 e. The molecule has 0 bridgehead atoms. The highest BCUT2D eigenvalue weighted by Gasteiger charge is 2.14. The molecule has 1 N–H and O–H groups in total. The molecule has 0 aliphatic rings. The summed E-state index contributed by atoms with van der Waals surface area (Å²) in [6.07, 6.45) is 1.32. The van der Waals surface area contributed by atoms with E-state index >= 15 is 0 Å². The van der Waals surface area contributed by atoms with Crippen LogP contribution in [0.25, 0.3) is 0 Å². The van der Waals surface area contributed by atoms with Gasteiger partial charge >= 0.3 is 0 Å². The van der Waals surface area contributed by atoms with E-state index in [0.717, 1.165) is 12.0 Å². The van der Waals surface area contributed by atoms with Gasteiger partial charge in [0.25, 0.3) is 0 Å². The Bertz CT molecular complexity index is 404. The zero-order valence-corrected chi connectivity index (χ0v) is 11.4. The van der Waals surface area contributed by atoms with E-state index in [9.17, 15) is 4.79 Å². The molecule has 0 heterocycles. The van der Waals surface area contributed by atoms with Gasteiger partial charge in [-0.05, 0) is 24.1 Å². The molecule has 0 saturated carbocycles. The van der Waals surface area contributed by atoms with Crippen molar-refractivity contribution in [2.24, 2.45) is 0 Å². The van der Waals surface area contributed by atoms with Gasteiger partial charge in [0.2, 0.25) is 5.91 Å². The summed E-state index contributed by atoms with van der Waals surface area (Å²) in [5.41, 5.74) is 1.02. The Morgan fingerprint density at radius 3 is 2.39 bits per heavy atom. The topological polar surface area (TPSA) is 47.6 Å². The van der Waals surface area contributed by atoms with Gasteiger partial charge in [-0.3, -0.25) is 4.79 Å². The highest BCUT2D eigenvalue weighted by molar-refractivity contribution is 5.76. The molecule has 0 aliphatic heterocycles. The third-order valence-corrected chi connectivity index (χ3v) is 2.87. The Hall–Kier alpha value is -1.71. The van der Waals surface area contributed by atoms with E-state index in [1.54, 1.807) is 14.2 Å². The molecule has 0 radical (unpaired) electrons. The molecular weight excluding hydrogens is 230 g/mol. The number of methoxy groups -OCH3 is 2. The summed E-state index contributed by atoms with van der Waals surface area (Å²) in [5.74, 6) is 1.42. The number of hydrogen-bond acceptors (Lipinski definition) is 3. The van der Waals surface area contributed by atoms with Crippen LogP contribution in [-0.4, -0.2) is 20.1 Å². The lowest BCUT2D eigenvalue weighted by molar-refractivity contribution is -0.121. The SMILES string of the molecule is CCC(=O)N[C@@H](CC)c1ccc(OC)c(OC)c1. The lowest BCUT2D eigenvalue weighted by Gasteiger charge is -2.18. The van der Waals surface area contributed by atoms with E-state index in [1.807, 2.05) is 32.0 Å². The standard InChI is InChI=1S/C14H21NO3/c1-5-11(15-14(16)6-2)10-7-8-12(17-3)13(9-10)18-4/h7-9,11H,5-6H2,1-4H3,(H,15,16)/t11-/m0/s1. The summed E-state index contributed by atoms with van der Waals surface area (Å²) in [5, 5.41) is 2.99. The predicted octanol–water partition coefficient (Wildman–Crippen LogP) is 2.68. The van der Waals surface area contributed by atoms with Crippen LogP contribution in [0, 0.1) is 0 Å². The second-order valence-corrected chi connectivity index (χ2v) is 4.00. The van der Waals surface area contributed by atoms with Crippen molar-refractivity contribution in [2.75, 3.05) is 14.2 Å². The van der Waals surface area contributed by atoms with E-state index < -0.39 is 0 Å². The molecule has 18 heavy (non-hydrogen) atoms. The Morgan fingerprint density at radius 1 is 1.22 bits per heavy atom. The highest BCUT2D eigenvalue weighted by atomic mass is 16.5. The first-order valence-electron chi connectivity index (χ1n) is 6.17. The number of carbonyl (C=O) groups is 1. The van der Waals surface area contributed by atoms with E-state index in [4.69, 9.17) is 9.47 Å². The van der Waals surface area contributed by atoms with E-state index in [-0.39, 0.29) is 11.9 Å². The fourth-order valence-corrected chi connectivity index (χ4v) is 1.79. The molecule has 1 aromatic rings. The fraction of sp³-hybridized carbons (Fsp3) is 0.500. The normalized spacial score (nSPS) is 11.8. The van der Waals surface area contributed by atoms with Gasteiger partial charge in [0.15, 0.2) is 11.5 Å². The van der Waals surface area contributed by atoms with Gasteiger partial charge in [-0.25, -0.2) is 0 Å². The first-order chi connectivity index (χ1) is 8.65. The quantitative estimate of drug-likeness (QED) is 0.845. The van der Waals surface area contributed by atoms with E-state index in [0.29, 0.717) is 17.9 Å². The first kappa shape index (κ1) is 14.4. The number of amides is 1. The molecule has 1 amide bonds. The number of rotatable bonds is 6. The van der Waals surface area contributed by atoms with Crippen LogP contribution < -0.4 is 14.8 Å². The van der Waals surface area contributed by atoms with Crippen molar-refractivity contribution in [3.8, 4) is 11.5 Å². The van der Waals surface area contributed by atoms with Crippen molar-refractivity contribution in [1.29, 1.82) is 0 Å². The monoisotopic (exact) mass is 251 g/mol. The number of benzene rings is 1. The lowest BCUT2D eigenvalue weighted by atomic mass is 10.0. The maximum absolute atomic E-state index is 11.5. The minimum atomic E-state index is 0.0113. The Kier molecular flexibility index (Phi) is 5.49. The van der Waals surface area contributed by atoms with Crippen molar-refractivity contribution in [1.82, 2.24) is 5.32 Å². The van der Waals surface area contributed by atoms with E-state index in [2.05, 4.69) is 5.32 Å². The minimum absolute atomic E-state index is 0.0113.